The Morgan fingerprint density at radius 1 is 0.923 bits per heavy atom. The Bertz CT molecular complexity index is 796. The highest BCUT2D eigenvalue weighted by Gasteiger charge is 2.21. The average Bonchev–Trinajstić information content (AvgIpc) is 3.19. The molecule has 0 atom stereocenters. The molecule has 4 rings (SSSR count). The van der Waals surface area contributed by atoms with Crippen LogP contribution in [0.4, 0.5) is 0 Å². The molecule has 0 saturated carbocycles. The number of pyridine rings is 1. The van der Waals surface area contributed by atoms with Crippen LogP contribution >= 0.6 is 0 Å². The predicted molar refractivity (Wildman–Crippen MR) is 101 cm³/mol. The summed E-state index contributed by atoms with van der Waals surface area (Å²) in [5, 5.41) is 4.33. The maximum Gasteiger partial charge on any atom is 0.137 e. The molecule has 0 aliphatic carbocycles. The van der Waals surface area contributed by atoms with Gasteiger partial charge < -0.3 is 4.74 Å². The molecule has 1 saturated heterocycles. The molecule has 0 spiro atoms. The van der Waals surface area contributed by atoms with Crippen molar-refractivity contribution in [3.8, 4) is 5.75 Å². The normalized spacial score (nSPS) is 15.8. The van der Waals surface area contributed by atoms with Gasteiger partial charge in [0.05, 0.1) is 12.7 Å². The van der Waals surface area contributed by atoms with Gasteiger partial charge in [-0.05, 0) is 42.2 Å². The van der Waals surface area contributed by atoms with Gasteiger partial charge in [0.25, 0.3) is 0 Å². The van der Waals surface area contributed by atoms with Crippen LogP contribution in [-0.4, -0.2) is 38.9 Å². The van der Waals surface area contributed by atoms with Gasteiger partial charge in [0.15, 0.2) is 0 Å². The lowest BCUT2D eigenvalue weighted by Gasteiger charge is -2.32. The van der Waals surface area contributed by atoms with Gasteiger partial charge in [-0.2, -0.15) is 5.10 Å². The van der Waals surface area contributed by atoms with Gasteiger partial charge in [0, 0.05) is 38.2 Å². The van der Waals surface area contributed by atoms with Crippen molar-refractivity contribution in [1.82, 2.24) is 19.7 Å². The van der Waals surface area contributed by atoms with Gasteiger partial charge in [-0.25, -0.2) is 0 Å². The molecule has 0 N–H and O–H groups in total. The van der Waals surface area contributed by atoms with E-state index in [0.29, 0.717) is 0 Å². The number of hydrogen-bond acceptors (Lipinski definition) is 4. The number of nitrogens with zero attached hydrogens (tertiary/aromatic N) is 4. The van der Waals surface area contributed by atoms with Crippen molar-refractivity contribution in [3.63, 3.8) is 0 Å². The molecule has 0 radical (unpaired) electrons. The van der Waals surface area contributed by atoms with Crippen LogP contribution in [0.5, 0.6) is 5.75 Å². The molecule has 134 valence electrons. The predicted octanol–water partition coefficient (Wildman–Crippen LogP) is 3.37. The minimum absolute atomic E-state index is 0.287. The number of benzene rings is 1. The topological polar surface area (TPSA) is 43.2 Å². The van der Waals surface area contributed by atoms with E-state index in [1.54, 1.807) is 12.4 Å². The summed E-state index contributed by atoms with van der Waals surface area (Å²) in [5.41, 5.74) is 2.72. The smallest absolute Gasteiger partial charge is 0.137 e. The Balaban J connectivity index is 1.33. The zero-order valence-corrected chi connectivity index (χ0v) is 14.9. The third-order valence-corrected chi connectivity index (χ3v) is 4.88. The van der Waals surface area contributed by atoms with Gasteiger partial charge in [-0.15, -0.1) is 0 Å². The number of piperidine rings is 1. The van der Waals surface area contributed by atoms with Crippen LogP contribution in [0.3, 0.4) is 0 Å². The van der Waals surface area contributed by atoms with E-state index in [-0.39, 0.29) is 6.10 Å². The highest BCUT2D eigenvalue weighted by Crippen LogP contribution is 2.20. The van der Waals surface area contributed by atoms with Crippen LogP contribution < -0.4 is 4.74 Å². The van der Waals surface area contributed by atoms with Gasteiger partial charge in [-0.1, -0.05) is 24.3 Å². The van der Waals surface area contributed by atoms with Crippen molar-refractivity contribution in [1.29, 1.82) is 0 Å². The van der Waals surface area contributed by atoms with E-state index in [2.05, 4.69) is 39.2 Å². The Morgan fingerprint density at radius 3 is 2.42 bits per heavy atom. The third-order valence-electron chi connectivity index (χ3n) is 4.88. The lowest BCUT2D eigenvalue weighted by atomic mass is 10.0. The second kappa shape index (κ2) is 8.15. The van der Waals surface area contributed by atoms with Crippen molar-refractivity contribution >= 4 is 0 Å². The molecule has 0 unspecified atom stereocenters. The standard InChI is InChI=1S/C21H24N4O/c1-2-6-19(17-25-12-4-11-23-25)18(5-1)16-24-13-8-20(9-14-24)26-21-7-3-10-22-15-21/h1-7,10-12,15,20H,8-9,13-14,16-17H2. The first-order valence-electron chi connectivity index (χ1n) is 9.20. The summed E-state index contributed by atoms with van der Waals surface area (Å²) in [7, 11) is 0. The maximum absolute atomic E-state index is 6.05. The molecule has 0 amide bonds. The van der Waals surface area contributed by atoms with E-state index in [9.17, 15) is 0 Å². The summed E-state index contributed by atoms with van der Waals surface area (Å²) < 4.78 is 8.03. The first-order valence-corrected chi connectivity index (χ1v) is 9.20. The molecule has 1 aliphatic rings. The van der Waals surface area contributed by atoms with Gasteiger partial charge in [-0.3, -0.25) is 14.6 Å². The molecule has 1 fully saturated rings. The first kappa shape index (κ1) is 16.8. The van der Waals surface area contributed by atoms with Crippen molar-refractivity contribution in [2.45, 2.75) is 32.0 Å². The summed E-state index contributed by atoms with van der Waals surface area (Å²) in [6.45, 7) is 3.92. The van der Waals surface area contributed by atoms with Crippen LogP contribution in [0.15, 0.2) is 67.3 Å². The minimum atomic E-state index is 0.287. The number of hydrogen-bond donors (Lipinski definition) is 0. The van der Waals surface area contributed by atoms with Crippen molar-refractivity contribution in [2.75, 3.05) is 13.1 Å². The second-order valence-electron chi connectivity index (χ2n) is 6.75. The van der Waals surface area contributed by atoms with Crippen LogP contribution in [0.2, 0.25) is 0 Å². The molecular formula is C21H24N4O. The average molecular weight is 348 g/mol. The van der Waals surface area contributed by atoms with Crippen LogP contribution in [0.1, 0.15) is 24.0 Å². The van der Waals surface area contributed by atoms with Crippen LogP contribution in [0, 0.1) is 0 Å². The fourth-order valence-corrected chi connectivity index (χ4v) is 3.47. The van der Waals surface area contributed by atoms with E-state index < -0.39 is 0 Å². The third kappa shape index (κ3) is 4.29. The molecule has 3 aromatic rings. The highest BCUT2D eigenvalue weighted by molar-refractivity contribution is 5.27. The fraction of sp³-hybridized carbons (Fsp3) is 0.333. The van der Waals surface area contributed by atoms with E-state index in [1.807, 2.05) is 35.3 Å². The molecule has 26 heavy (non-hydrogen) atoms. The monoisotopic (exact) mass is 348 g/mol. The zero-order chi connectivity index (χ0) is 17.6. The van der Waals surface area contributed by atoms with Gasteiger partial charge >= 0.3 is 0 Å². The number of rotatable bonds is 6. The molecule has 5 nitrogen and oxygen atoms in total. The fourth-order valence-electron chi connectivity index (χ4n) is 3.47. The largest absolute Gasteiger partial charge is 0.489 e. The molecule has 5 heteroatoms. The Kier molecular flexibility index (Phi) is 5.26. The van der Waals surface area contributed by atoms with Crippen LogP contribution in [-0.2, 0) is 13.1 Å². The summed E-state index contributed by atoms with van der Waals surface area (Å²) >= 11 is 0. The van der Waals surface area contributed by atoms with Gasteiger partial charge in [0.2, 0.25) is 0 Å². The quantitative estimate of drug-likeness (QED) is 0.685. The summed E-state index contributed by atoms with van der Waals surface area (Å²) in [5.74, 6) is 0.871. The van der Waals surface area contributed by atoms with Gasteiger partial charge in [0.1, 0.15) is 11.9 Å². The van der Waals surface area contributed by atoms with E-state index >= 15 is 0 Å². The van der Waals surface area contributed by atoms with E-state index in [1.165, 1.54) is 11.1 Å². The summed E-state index contributed by atoms with van der Waals surface area (Å²) in [6, 6.07) is 14.5. The molecule has 1 aliphatic heterocycles. The van der Waals surface area contributed by atoms with Crippen molar-refractivity contribution in [2.24, 2.45) is 0 Å². The zero-order valence-electron chi connectivity index (χ0n) is 14.9. The highest BCUT2D eigenvalue weighted by atomic mass is 16.5. The molecule has 1 aromatic carbocycles. The maximum atomic E-state index is 6.05. The summed E-state index contributed by atoms with van der Waals surface area (Å²) in [4.78, 5) is 6.64. The van der Waals surface area contributed by atoms with E-state index in [4.69, 9.17) is 4.74 Å². The van der Waals surface area contributed by atoms with Crippen LogP contribution in [0.25, 0.3) is 0 Å². The Labute approximate surface area is 154 Å². The number of ether oxygens (including phenoxy) is 1. The van der Waals surface area contributed by atoms with Crippen molar-refractivity contribution < 1.29 is 4.74 Å². The molecule has 3 heterocycles. The molecule has 2 aromatic heterocycles. The van der Waals surface area contributed by atoms with E-state index in [0.717, 1.165) is 44.8 Å². The Hall–Kier alpha value is -2.66. The lowest BCUT2D eigenvalue weighted by Crippen LogP contribution is -2.38. The number of likely N-dealkylation sites (tertiary alicyclic amines) is 1. The lowest BCUT2D eigenvalue weighted by molar-refractivity contribution is 0.0963. The SMILES string of the molecule is c1cncc(OC2CCN(Cc3ccccc3Cn3cccn3)CC2)c1. The minimum Gasteiger partial charge on any atom is -0.489 e. The van der Waals surface area contributed by atoms with Crippen molar-refractivity contribution in [3.05, 3.63) is 78.4 Å². The Morgan fingerprint density at radius 2 is 1.73 bits per heavy atom. The second-order valence-corrected chi connectivity index (χ2v) is 6.75. The molecular weight excluding hydrogens is 324 g/mol. The number of aromatic nitrogens is 3. The molecule has 0 bridgehead atoms. The summed E-state index contributed by atoms with van der Waals surface area (Å²) in [6.07, 6.45) is 9.79. The first-order chi connectivity index (χ1) is 12.9.